The first-order valence-electron chi connectivity index (χ1n) is 9.58. The SMILES string of the molecule is CCOCCn1nc(-c2cocn2)c2c1CCN(C(=O)c1ccnn1CC)C2. The Balaban J connectivity index is 1.64. The molecule has 4 heterocycles. The van der Waals surface area contributed by atoms with Gasteiger partial charge in [0.05, 0.1) is 19.7 Å². The Labute approximate surface area is 162 Å². The molecule has 4 rings (SSSR count). The van der Waals surface area contributed by atoms with E-state index in [1.54, 1.807) is 23.2 Å². The molecule has 1 aliphatic rings. The highest BCUT2D eigenvalue weighted by molar-refractivity contribution is 5.92. The van der Waals surface area contributed by atoms with Crippen LogP contribution in [0.1, 0.15) is 35.6 Å². The first kappa shape index (κ1) is 18.4. The molecule has 0 bridgehead atoms. The van der Waals surface area contributed by atoms with Crippen molar-refractivity contribution in [3.63, 3.8) is 0 Å². The number of rotatable bonds is 7. The van der Waals surface area contributed by atoms with E-state index in [4.69, 9.17) is 14.3 Å². The van der Waals surface area contributed by atoms with Crippen molar-refractivity contribution >= 4 is 5.91 Å². The van der Waals surface area contributed by atoms with Gasteiger partial charge in [-0.15, -0.1) is 0 Å². The van der Waals surface area contributed by atoms with Gasteiger partial charge in [-0.25, -0.2) is 4.98 Å². The molecule has 0 unspecified atom stereocenters. The van der Waals surface area contributed by atoms with E-state index in [0.717, 1.165) is 23.4 Å². The molecule has 1 aliphatic heterocycles. The number of aromatic nitrogens is 5. The fourth-order valence-corrected chi connectivity index (χ4v) is 3.61. The van der Waals surface area contributed by atoms with Crippen LogP contribution in [-0.4, -0.2) is 55.1 Å². The van der Waals surface area contributed by atoms with E-state index < -0.39 is 0 Å². The molecule has 0 fully saturated rings. The van der Waals surface area contributed by atoms with Crippen molar-refractivity contribution in [3.8, 4) is 11.4 Å². The van der Waals surface area contributed by atoms with Gasteiger partial charge in [0.2, 0.25) is 0 Å². The van der Waals surface area contributed by atoms with E-state index in [0.29, 0.717) is 50.8 Å². The highest BCUT2D eigenvalue weighted by Crippen LogP contribution is 2.30. The number of aryl methyl sites for hydroxylation is 1. The number of hydrogen-bond acceptors (Lipinski definition) is 6. The lowest BCUT2D eigenvalue weighted by Gasteiger charge is -2.28. The number of carbonyl (C=O) groups excluding carboxylic acids is 1. The molecule has 0 aromatic carbocycles. The minimum absolute atomic E-state index is 0.0156. The third-order valence-electron chi connectivity index (χ3n) is 4.98. The Hall–Kier alpha value is -2.94. The second-order valence-electron chi connectivity index (χ2n) is 6.58. The molecule has 0 N–H and O–H groups in total. The monoisotopic (exact) mass is 384 g/mol. The zero-order valence-electron chi connectivity index (χ0n) is 16.2. The Morgan fingerprint density at radius 3 is 2.96 bits per heavy atom. The van der Waals surface area contributed by atoms with Crippen LogP contribution in [0, 0.1) is 0 Å². The van der Waals surface area contributed by atoms with Crippen LogP contribution in [0.4, 0.5) is 0 Å². The second kappa shape index (κ2) is 7.97. The number of amides is 1. The zero-order valence-corrected chi connectivity index (χ0v) is 16.2. The maximum absolute atomic E-state index is 13.0. The van der Waals surface area contributed by atoms with Gasteiger partial charge in [0, 0.05) is 43.6 Å². The van der Waals surface area contributed by atoms with Gasteiger partial charge in [-0.3, -0.25) is 14.2 Å². The first-order valence-corrected chi connectivity index (χ1v) is 9.58. The minimum atomic E-state index is -0.0156. The highest BCUT2D eigenvalue weighted by Gasteiger charge is 2.30. The predicted octanol–water partition coefficient (Wildman–Crippen LogP) is 1.99. The number of fused-ring (bicyclic) bond motifs is 1. The molecule has 0 saturated heterocycles. The van der Waals surface area contributed by atoms with Crippen molar-refractivity contribution < 1.29 is 13.9 Å². The minimum Gasteiger partial charge on any atom is -0.451 e. The van der Waals surface area contributed by atoms with Crippen LogP contribution in [0.3, 0.4) is 0 Å². The van der Waals surface area contributed by atoms with Crippen LogP contribution in [0.2, 0.25) is 0 Å². The lowest BCUT2D eigenvalue weighted by molar-refractivity contribution is 0.0719. The maximum atomic E-state index is 13.0. The summed E-state index contributed by atoms with van der Waals surface area (Å²) in [6.07, 6.45) is 5.38. The van der Waals surface area contributed by atoms with Gasteiger partial charge in [0.25, 0.3) is 5.91 Å². The zero-order chi connectivity index (χ0) is 19.5. The van der Waals surface area contributed by atoms with Crippen LogP contribution in [0.25, 0.3) is 11.4 Å². The molecule has 0 radical (unpaired) electrons. The highest BCUT2D eigenvalue weighted by atomic mass is 16.5. The number of hydrogen-bond donors (Lipinski definition) is 0. The summed E-state index contributed by atoms with van der Waals surface area (Å²) >= 11 is 0. The maximum Gasteiger partial charge on any atom is 0.272 e. The summed E-state index contributed by atoms with van der Waals surface area (Å²) in [7, 11) is 0. The summed E-state index contributed by atoms with van der Waals surface area (Å²) in [5, 5.41) is 8.97. The van der Waals surface area contributed by atoms with Gasteiger partial charge < -0.3 is 14.1 Å². The molecule has 0 atom stereocenters. The van der Waals surface area contributed by atoms with Crippen molar-refractivity contribution in [1.82, 2.24) is 29.4 Å². The van der Waals surface area contributed by atoms with Crippen LogP contribution < -0.4 is 0 Å². The number of carbonyl (C=O) groups is 1. The standard InChI is InChI=1S/C19H24N6O3/c1-3-24-17(5-7-21-24)19(26)23-8-6-16-14(11-23)18(15-12-28-13-20-15)22-25(16)9-10-27-4-2/h5,7,12-13H,3-4,6,8-11H2,1-2H3. The smallest absolute Gasteiger partial charge is 0.272 e. The normalized spacial score (nSPS) is 13.7. The van der Waals surface area contributed by atoms with Crippen LogP contribution >= 0.6 is 0 Å². The molecule has 0 spiro atoms. The fraction of sp³-hybridized carbons (Fsp3) is 0.474. The molecule has 9 nitrogen and oxygen atoms in total. The lowest BCUT2D eigenvalue weighted by atomic mass is 10.0. The Morgan fingerprint density at radius 1 is 1.32 bits per heavy atom. The van der Waals surface area contributed by atoms with Crippen molar-refractivity contribution in [2.45, 2.75) is 39.9 Å². The molecule has 1 amide bonds. The van der Waals surface area contributed by atoms with E-state index in [2.05, 4.69) is 10.1 Å². The third-order valence-corrected chi connectivity index (χ3v) is 4.98. The number of ether oxygens (including phenoxy) is 1. The average molecular weight is 384 g/mol. The van der Waals surface area contributed by atoms with Gasteiger partial charge in [0.15, 0.2) is 6.39 Å². The summed E-state index contributed by atoms with van der Waals surface area (Å²) in [6, 6.07) is 1.77. The summed E-state index contributed by atoms with van der Waals surface area (Å²) < 4.78 is 14.4. The molecule has 28 heavy (non-hydrogen) atoms. The lowest BCUT2D eigenvalue weighted by Crippen LogP contribution is -2.37. The summed E-state index contributed by atoms with van der Waals surface area (Å²) in [6.45, 7) is 7.68. The topological polar surface area (TPSA) is 91.2 Å². The van der Waals surface area contributed by atoms with Crippen LogP contribution in [-0.2, 0) is 30.8 Å². The molecule has 9 heteroatoms. The summed E-state index contributed by atoms with van der Waals surface area (Å²) in [4.78, 5) is 19.2. The van der Waals surface area contributed by atoms with Gasteiger partial charge in [-0.1, -0.05) is 0 Å². The second-order valence-corrected chi connectivity index (χ2v) is 6.58. The third kappa shape index (κ3) is 3.33. The molecule has 0 aliphatic carbocycles. The van der Waals surface area contributed by atoms with E-state index in [-0.39, 0.29) is 5.91 Å². The molecule has 148 valence electrons. The van der Waals surface area contributed by atoms with E-state index >= 15 is 0 Å². The number of nitrogens with zero attached hydrogens (tertiary/aromatic N) is 6. The summed E-state index contributed by atoms with van der Waals surface area (Å²) in [5.41, 5.74) is 4.21. The van der Waals surface area contributed by atoms with Crippen LogP contribution in [0.5, 0.6) is 0 Å². The van der Waals surface area contributed by atoms with Gasteiger partial charge >= 0.3 is 0 Å². The molecule has 3 aromatic heterocycles. The average Bonchev–Trinajstić information content (AvgIpc) is 3.46. The number of oxazole rings is 1. The van der Waals surface area contributed by atoms with E-state index in [1.165, 1.54) is 6.39 Å². The quantitative estimate of drug-likeness (QED) is 0.579. The van der Waals surface area contributed by atoms with E-state index in [9.17, 15) is 4.79 Å². The predicted molar refractivity (Wildman–Crippen MR) is 101 cm³/mol. The Morgan fingerprint density at radius 2 is 2.21 bits per heavy atom. The first-order chi connectivity index (χ1) is 13.7. The van der Waals surface area contributed by atoms with E-state index in [1.807, 2.05) is 23.4 Å². The fourth-order valence-electron chi connectivity index (χ4n) is 3.61. The van der Waals surface area contributed by atoms with Crippen molar-refractivity contribution in [2.24, 2.45) is 0 Å². The van der Waals surface area contributed by atoms with Gasteiger partial charge in [-0.2, -0.15) is 10.2 Å². The molecular weight excluding hydrogens is 360 g/mol. The van der Waals surface area contributed by atoms with Gasteiger partial charge in [0.1, 0.15) is 23.3 Å². The largest absolute Gasteiger partial charge is 0.451 e. The van der Waals surface area contributed by atoms with Crippen LogP contribution in [0.15, 0.2) is 29.3 Å². The van der Waals surface area contributed by atoms with Crippen molar-refractivity contribution in [2.75, 3.05) is 19.8 Å². The van der Waals surface area contributed by atoms with Gasteiger partial charge in [-0.05, 0) is 19.9 Å². The Bertz CT molecular complexity index is 943. The molecule has 3 aromatic rings. The Kier molecular flexibility index (Phi) is 5.25. The van der Waals surface area contributed by atoms with Crippen molar-refractivity contribution in [3.05, 3.63) is 41.9 Å². The molecule has 0 saturated carbocycles. The van der Waals surface area contributed by atoms with Crippen molar-refractivity contribution in [1.29, 1.82) is 0 Å². The summed E-state index contributed by atoms with van der Waals surface area (Å²) in [5.74, 6) is -0.0156. The molecular formula is C19H24N6O3.